The van der Waals surface area contributed by atoms with E-state index in [0.29, 0.717) is 23.1 Å². The average Bonchev–Trinajstić information content (AvgIpc) is 3.56. The van der Waals surface area contributed by atoms with E-state index in [0.717, 1.165) is 44.6 Å². The van der Waals surface area contributed by atoms with E-state index in [9.17, 15) is 35.6 Å². The van der Waals surface area contributed by atoms with Crippen molar-refractivity contribution in [2.45, 2.75) is 88.4 Å². The summed E-state index contributed by atoms with van der Waals surface area (Å²) in [5.41, 5.74) is -5.34. The van der Waals surface area contributed by atoms with Crippen LogP contribution in [-0.4, -0.2) is 68.4 Å². The predicted molar refractivity (Wildman–Crippen MR) is 148 cm³/mol. The van der Waals surface area contributed by atoms with Crippen molar-refractivity contribution in [3.8, 4) is 11.5 Å². The monoisotopic (exact) mass is 633 g/mol. The second-order valence-electron chi connectivity index (χ2n) is 12.5. The van der Waals surface area contributed by atoms with Crippen molar-refractivity contribution < 1.29 is 45.0 Å². The molecule has 0 radical (unpaired) electrons. The number of hydrogen-bond donors (Lipinski definition) is 2. The summed E-state index contributed by atoms with van der Waals surface area (Å²) < 4.78 is 89.7. The number of alkyl halides is 3. The van der Waals surface area contributed by atoms with Gasteiger partial charge in [-0.2, -0.15) is 17.5 Å². The van der Waals surface area contributed by atoms with Crippen molar-refractivity contribution in [3.63, 3.8) is 0 Å². The number of piperidine rings is 1. The Morgan fingerprint density at radius 1 is 0.977 bits per heavy atom. The number of hydrogen-bond acceptors (Lipinski definition) is 6. The van der Waals surface area contributed by atoms with Gasteiger partial charge in [-0.1, -0.05) is 6.92 Å². The number of nitrogens with zero attached hydrogens (tertiary/aromatic N) is 1. The third kappa shape index (κ3) is 6.59. The molecule has 240 valence electrons. The molecule has 2 amide bonds. The van der Waals surface area contributed by atoms with Gasteiger partial charge in [0.15, 0.2) is 11.6 Å². The van der Waals surface area contributed by atoms with Crippen molar-refractivity contribution in [3.05, 3.63) is 23.5 Å². The number of rotatable bonds is 8. The molecule has 4 aliphatic rings. The van der Waals surface area contributed by atoms with Crippen LogP contribution in [0.2, 0.25) is 0 Å². The fourth-order valence-electron chi connectivity index (χ4n) is 7.33. The Kier molecular flexibility index (Phi) is 9.18. The molecule has 0 spiro atoms. The molecule has 9 nitrogen and oxygen atoms in total. The second-order valence-corrected chi connectivity index (χ2v) is 14.4. The summed E-state index contributed by atoms with van der Waals surface area (Å²) in [6.45, 7) is 1.42. The molecule has 3 aliphatic carbocycles. The van der Waals surface area contributed by atoms with Gasteiger partial charge < -0.3 is 20.1 Å². The minimum Gasteiger partial charge on any atom is -0.496 e. The van der Waals surface area contributed by atoms with Gasteiger partial charge in [-0.3, -0.25) is 9.59 Å². The molecule has 14 heteroatoms. The van der Waals surface area contributed by atoms with E-state index in [4.69, 9.17) is 9.47 Å². The fraction of sp³-hybridized carbons (Fsp3) is 0.724. The number of ether oxygens (including phenoxy) is 2. The Balaban J connectivity index is 1.29. The summed E-state index contributed by atoms with van der Waals surface area (Å²) in [6.07, 6.45) is 6.15. The second kappa shape index (κ2) is 12.4. The molecule has 43 heavy (non-hydrogen) atoms. The zero-order valence-corrected chi connectivity index (χ0v) is 25.1. The first-order valence-corrected chi connectivity index (χ1v) is 16.4. The van der Waals surface area contributed by atoms with Gasteiger partial charge in [-0.05, 0) is 81.6 Å². The number of nitrogens with one attached hydrogen (secondary N) is 2. The Hall–Kier alpha value is -2.61. The molecule has 1 heterocycles. The Morgan fingerprint density at radius 2 is 1.67 bits per heavy atom. The number of benzene rings is 1. The number of fused-ring (bicyclic) bond motifs is 2. The molecule has 1 aliphatic heterocycles. The maximum Gasteiger partial charge on any atom is 0.511 e. The standard InChI is InChI=1S/C29H39F4N3O6S/c1-16-5-9-20(10-6-16)42-24-13-21(23(41-2)14-22(24)30)27(37)35-26-18-8-7-17(12-18)25(26)28(38)34-19-4-3-11-36(15-19)43(39,40)29(31,32)33/h13-14,16-20,25-26H,3-12,15H2,1-2H3,(H,34,38)(H,35,37)/t16-,17-,18+,19+,20-,25+,26-/m1/s1. The van der Waals surface area contributed by atoms with Crippen LogP contribution in [-0.2, 0) is 14.8 Å². The van der Waals surface area contributed by atoms with Crippen LogP contribution in [0.1, 0.15) is 75.1 Å². The van der Waals surface area contributed by atoms with Crippen molar-refractivity contribution in [2.24, 2.45) is 23.7 Å². The predicted octanol–water partition coefficient (Wildman–Crippen LogP) is 4.37. The minimum atomic E-state index is -5.50. The molecule has 1 aromatic rings. The van der Waals surface area contributed by atoms with Crippen LogP contribution in [0.4, 0.5) is 17.6 Å². The van der Waals surface area contributed by atoms with Gasteiger partial charge >= 0.3 is 15.5 Å². The first-order valence-electron chi connectivity index (χ1n) is 15.0. The molecule has 0 unspecified atom stereocenters. The summed E-state index contributed by atoms with van der Waals surface area (Å²) in [5.74, 6) is -1.69. The SMILES string of the molecule is COc1cc(F)c(O[C@H]2CC[C@H](C)CC2)cc1C(=O)N[C@@H]1[C@H]2CC[C@H](C2)[C@@H]1C(=O)N[C@H]1CCCN(S(=O)(=O)C(F)(F)F)C1. The fourth-order valence-corrected chi connectivity index (χ4v) is 8.36. The van der Waals surface area contributed by atoms with Crippen LogP contribution >= 0.6 is 0 Å². The molecule has 5 atom stereocenters. The quantitative estimate of drug-likeness (QED) is 0.412. The lowest BCUT2D eigenvalue weighted by molar-refractivity contribution is -0.128. The highest BCUT2D eigenvalue weighted by molar-refractivity contribution is 7.90. The summed E-state index contributed by atoms with van der Waals surface area (Å²) >= 11 is 0. The molecule has 1 saturated heterocycles. The lowest BCUT2D eigenvalue weighted by Crippen LogP contribution is -2.56. The zero-order valence-electron chi connectivity index (χ0n) is 24.3. The summed E-state index contributed by atoms with van der Waals surface area (Å²) in [4.78, 5) is 27.1. The third-order valence-electron chi connectivity index (χ3n) is 9.63. The highest BCUT2D eigenvalue weighted by Crippen LogP contribution is 2.49. The van der Waals surface area contributed by atoms with Crippen molar-refractivity contribution in [1.82, 2.24) is 14.9 Å². The van der Waals surface area contributed by atoms with E-state index in [2.05, 4.69) is 17.6 Å². The van der Waals surface area contributed by atoms with Crippen molar-refractivity contribution >= 4 is 21.8 Å². The molecule has 1 aromatic carbocycles. The Bertz CT molecular complexity index is 1320. The van der Waals surface area contributed by atoms with Gasteiger partial charge in [-0.25, -0.2) is 12.8 Å². The van der Waals surface area contributed by atoms with Crippen LogP contribution in [0.15, 0.2) is 12.1 Å². The zero-order chi connectivity index (χ0) is 31.1. The highest BCUT2D eigenvalue weighted by atomic mass is 32.2. The molecular weight excluding hydrogens is 594 g/mol. The number of halogens is 4. The molecule has 5 rings (SSSR count). The topological polar surface area (TPSA) is 114 Å². The average molecular weight is 634 g/mol. The highest BCUT2D eigenvalue weighted by Gasteiger charge is 2.53. The van der Waals surface area contributed by atoms with Crippen LogP contribution in [0.5, 0.6) is 11.5 Å². The van der Waals surface area contributed by atoms with E-state index < -0.39 is 57.7 Å². The van der Waals surface area contributed by atoms with Crippen LogP contribution in [0, 0.1) is 29.5 Å². The number of methoxy groups -OCH3 is 1. The molecular formula is C29H39F4N3O6S. The molecule has 0 aromatic heterocycles. The normalized spacial score (nSPS) is 31.4. The molecule has 3 saturated carbocycles. The van der Waals surface area contributed by atoms with Gasteiger partial charge in [0.05, 0.1) is 24.7 Å². The van der Waals surface area contributed by atoms with E-state index in [1.807, 2.05) is 0 Å². The Labute approximate surface area is 249 Å². The molecule has 2 N–H and O–H groups in total. The van der Waals surface area contributed by atoms with Gasteiger partial charge in [0, 0.05) is 31.2 Å². The lowest BCUT2D eigenvalue weighted by atomic mass is 9.83. The third-order valence-corrected chi connectivity index (χ3v) is 11.2. The minimum absolute atomic E-state index is 0.0181. The molecule has 4 fully saturated rings. The van der Waals surface area contributed by atoms with E-state index in [1.165, 1.54) is 13.2 Å². The smallest absolute Gasteiger partial charge is 0.496 e. The maximum atomic E-state index is 14.9. The van der Waals surface area contributed by atoms with Crippen LogP contribution < -0.4 is 20.1 Å². The Morgan fingerprint density at radius 3 is 2.35 bits per heavy atom. The number of carbonyl (C=O) groups is 2. The van der Waals surface area contributed by atoms with Crippen LogP contribution in [0.3, 0.4) is 0 Å². The summed E-state index contributed by atoms with van der Waals surface area (Å²) in [5, 5.41) is 5.74. The maximum absolute atomic E-state index is 14.9. The van der Waals surface area contributed by atoms with E-state index >= 15 is 0 Å². The van der Waals surface area contributed by atoms with Crippen LogP contribution in [0.25, 0.3) is 0 Å². The number of carbonyl (C=O) groups excluding carboxylic acids is 2. The summed E-state index contributed by atoms with van der Waals surface area (Å²) in [7, 11) is -4.17. The van der Waals surface area contributed by atoms with Gasteiger partial charge in [-0.15, -0.1) is 0 Å². The number of sulfonamides is 1. The first-order chi connectivity index (χ1) is 20.3. The summed E-state index contributed by atoms with van der Waals surface area (Å²) in [6, 6.07) is 1.11. The largest absolute Gasteiger partial charge is 0.511 e. The van der Waals surface area contributed by atoms with Gasteiger partial charge in [0.1, 0.15) is 5.75 Å². The van der Waals surface area contributed by atoms with E-state index in [1.54, 1.807) is 0 Å². The van der Waals surface area contributed by atoms with Gasteiger partial charge in [0.25, 0.3) is 5.91 Å². The van der Waals surface area contributed by atoms with Crippen molar-refractivity contribution in [2.75, 3.05) is 20.2 Å². The number of amides is 2. The first kappa shape index (κ1) is 31.8. The van der Waals surface area contributed by atoms with E-state index in [-0.39, 0.29) is 48.0 Å². The molecule has 2 bridgehead atoms. The lowest BCUT2D eigenvalue weighted by Gasteiger charge is -2.35. The van der Waals surface area contributed by atoms with Crippen molar-refractivity contribution in [1.29, 1.82) is 0 Å². The van der Waals surface area contributed by atoms with Gasteiger partial charge in [0.2, 0.25) is 5.91 Å².